The van der Waals surface area contributed by atoms with Crippen molar-refractivity contribution < 1.29 is 19.8 Å². The third-order valence-corrected chi connectivity index (χ3v) is 3.49. The molecule has 1 aliphatic rings. The highest BCUT2D eigenvalue weighted by molar-refractivity contribution is 6.11. The summed E-state index contributed by atoms with van der Waals surface area (Å²) < 4.78 is 0. The summed E-state index contributed by atoms with van der Waals surface area (Å²) in [6.45, 7) is 0. The summed E-state index contributed by atoms with van der Waals surface area (Å²) >= 11 is 0. The van der Waals surface area contributed by atoms with Crippen molar-refractivity contribution in [1.82, 2.24) is 0 Å². The van der Waals surface area contributed by atoms with Crippen LogP contribution in [0.4, 0.5) is 5.69 Å². The molecule has 1 heterocycles. The average molecular weight is 283 g/mol. The average Bonchev–Trinajstić information content (AvgIpc) is 2.46. The van der Waals surface area contributed by atoms with Gasteiger partial charge >= 0.3 is 0 Å². The maximum absolute atomic E-state index is 12.4. The van der Waals surface area contributed by atoms with E-state index in [1.807, 2.05) is 0 Å². The van der Waals surface area contributed by atoms with Crippen LogP contribution in [-0.4, -0.2) is 21.9 Å². The quantitative estimate of drug-likeness (QED) is 0.737. The molecular formula is C16H13NO4. The standard InChI is InChI=1S/C16H13NO4/c18-11-4-1-9(2-5-11)16(21)12-7-10-3-6-15(20)17-13(10)8-14(12)19/h1-2,4-5,7-8,18-19H,3,6H2,(H,17,20). The predicted octanol–water partition coefficient (Wildman–Crippen LogP) is 2.21. The zero-order chi connectivity index (χ0) is 15.0. The molecule has 0 unspecified atom stereocenters. The number of rotatable bonds is 2. The second-order valence-electron chi connectivity index (χ2n) is 4.95. The van der Waals surface area contributed by atoms with Crippen molar-refractivity contribution in [3.8, 4) is 11.5 Å². The number of fused-ring (bicyclic) bond motifs is 1. The lowest BCUT2D eigenvalue weighted by Crippen LogP contribution is -2.19. The fourth-order valence-electron chi connectivity index (χ4n) is 2.37. The van der Waals surface area contributed by atoms with Crippen molar-refractivity contribution in [3.05, 3.63) is 53.1 Å². The minimum absolute atomic E-state index is 0.0731. The number of carbonyl (C=O) groups is 2. The van der Waals surface area contributed by atoms with Gasteiger partial charge in [0.25, 0.3) is 0 Å². The number of amides is 1. The zero-order valence-corrected chi connectivity index (χ0v) is 11.1. The third-order valence-electron chi connectivity index (χ3n) is 3.49. The summed E-state index contributed by atoms with van der Waals surface area (Å²) in [5.41, 5.74) is 1.94. The van der Waals surface area contributed by atoms with Gasteiger partial charge in [-0.3, -0.25) is 9.59 Å². The maximum atomic E-state index is 12.4. The zero-order valence-electron chi connectivity index (χ0n) is 11.1. The van der Waals surface area contributed by atoms with Gasteiger partial charge in [0.05, 0.1) is 5.56 Å². The monoisotopic (exact) mass is 283 g/mol. The van der Waals surface area contributed by atoms with E-state index in [0.29, 0.717) is 24.1 Å². The minimum Gasteiger partial charge on any atom is -0.508 e. The van der Waals surface area contributed by atoms with Crippen molar-refractivity contribution in [2.24, 2.45) is 0 Å². The van der Waals surface area contributed by atoms with Crippen LogP contribution in [0, 0.1) is 0 Å². The molecule has 0 fully saturated rings. The highest BCUT2D eigenvalue weighted by Gasteiger charge is 2.21. The van der Waals surface area contributed by atoms with E-state index in [0.717, 1.165) is 5.56 Å². The third kappa shape index (κ3) is 2.45. The van der Waals surface area contributed by atoms with E-state index >= 15 is 0 Å². The summed E-state index contributed by atoms with van der Waals surface area (Å²) in [4.78, 5) is 23.7. The van der Waals surface area contributed by atoms with Gasteiger partial charge < -0.3 is 15.5 Å². The molecule has 5 nitrogen and oxygen atoms in total. The molecule has 0 spiro atoms. The first kappa shape index (κ1) is 13.2. The number of benzene rings is 2. The van der Waals surface area contributed by atoms with Gasteiger partial charge in [0.2, 0.25) is 5.91 Å². The number of aromatic hydroxyl groups is 2. The molecule has 0 atom stereocenters. The molecule has 1 aliphatic heterocycles. The lowest BCUT2D eigenvalue weighted by Gasteiger charge is -2.18. The summed E-state index contributed by atoms with van der Waals surface area (Å²) in [5, 5.41) is 21.9. The highest BCUT2D eigenvalue weighted by atomic mass is 16.3. The molecule has 5 heteroatoms. The molecule has 1 amide bonds. The molecule has 21 heavy (non-hydrogen) atoms. The van der Waals surface area contributed by atoms with Crippen LogP contribution in [0.15, 0.2) is 36.4 Å². The fourth-order valence-corrected chi connectivity index (χ4v) is 2.37. The van der Waals surface area contributed by atoms with E-state index in [4.69, 9.17) is 0 Å². The van der Waals surface area contributed by atoms with Crippen molar-refractivity contribution >= 4 is 17.4 Å². The Morgan fingerprint density at radius 2 is 1.76 bits per heavy atom. The predicted molar refractivity (Wildman–Crippen MR) is 76.6 cm³/mol. The van der Waals surface area contributed by atoms with E-state index in [2.05, 4.69) is 5.32 Å². The second-order valence-corrected chi connectivity index (χ2v) is 4.95. The van der Waals surface area contributed by atoms with Gasteiger partial charge in [-0.1, -0.05) is 0 Å². The van der Waals surface area contributed by atoms with E-state index in [1.165, 1.54) is 30.3 Å². The molecule has 0 bridgehead atoms. The van der Waals surface area contributed by atoms with E-state index in [-0.39, 0.29) is 28.8 Å². The van der Waals surface area contributed by atoms with E-state index in [1.54, 1.807) is 6.07 Å². The smallest absolute Gasteiger partial charge is 0.224 e. The topological polar surface area (TPSA) is 86.6 Å². The van der Waals surface area contributed by atoms with Crippen molar-refractivity contribution in [3.63, 3.8) is 0 Å². The SMILES string of the molecule is O=C1CCc2cc(C(=O)c3ccc(O)cc3)c(O)cc2N1. The minimum atomic E-state index is -0.327. The van der Waals surface area contributed by atoms with Crippen molar-refractivity contribution in [2.45, 2.75) is 12.8 Å². The Morgan fingerprint density at radius 3 is 2.48 bits per heavy atom. The van der Waals surface area contributed by atoms with Crippen LogP contribution in [0.3, 0.4) is 0 Å². The number of nitrogens with one attached hydrogen (secondary N) is 1. The first-order valence-electron chi connectivity index (χ1n) is 6.54. The van der Waals surface area contributed by atoms with Crippen LogP contribution in [0.5, 0.6) is 11.5 Å². The number of ketones is 1. The number of phenols is 2. The largest absolute Gasteiger partial charge is 0.508 e. The highest BCUT2D eigenvalue weighted by Crippen LogP contribution is 2.31. The molecule has 0 aromatic heterocycles. The summed E-state index contributed by atoms with van der Waals surface area (Å²) in [7, 11) is 0. The van der Waals surface area contributed by atoms with Crippen LogP contribution < -0.4 is 5.32 Å². The van der Waals surface area contributed by atoms with Crippen LogP contribution in [0.25, 0.3) is 0 Å². The molecule has 106 valence electrons. The molecule has 0 saturated carbocycles. The number of phenolic OH excluding ortho intramolecular Hbond substituents is 2. The van der Waals surface area contributed by atoms with Gasteiger partial charge in [0.1, 0.15) is 11.5 Å². The van der Waals surface area contributed by atoms with Gasteiger partial charge in [-0.05, 0) is 42.3 Å². The van der Waals surface area contributed by atoms with Gasteiger partial charge in [-0.15, -0.1) is 0 Å². The Balaban J connectivity index is 2.01. The molecule has 2 aromatic rings. The summed E-state index contributed by atoms with van der Waals surface area (Å²) in [6.07, 6.45) is 0.905. The van der Waals surface area contributed by atoms with Crippen LogP contribution in [0.2, 0.25) is 0 Å². The fraction of sp³-hybridized carbons (Fsp3) is 0.125. The number of hydrogen-bond acceptors (Lipinski definition) is 4. The van der Waals surface area contributed by atoms with E-state index in [9.17, 15) is 19.8 Å². The molecule has 0 radical (unpaired) electrons. The van der Waals surface area contributed by atoms with Crippen LogP contribution in [-0.2, 0) is 11.2 Å². The Labute approximate surface area is 120 Å². The van der Waals surface area contributed by atoms with Crippen molar-refractivity contribution in [1.29, 1.82) is 0 Å². The van der Waals surface area contributed by atoms with Gasteiger partial charge in [0, 0.05) is 23.7 Å². The second kappa shape index (κ2) is 4.94. The Hall–Kier alpha value is -2.82. The molecule has 3 rings (SSSR count). The number of carbonyl (C=O) groups excluding carboxylic acids is 2. The molecule has 3 N–H and O–H groups in total. The maximum Gasteiger partial charge on any atom is 0.224 e. The van der Waals surface area contributed by atoms with Crippen molar-refractivity contribution in [2.75, 3.05) is 5.32 Å². The Morgan fingerprint density at radius 1 is 1.05 bits per heavy atom. The lowest BCUT2D eigenvalue weighted by atomic mass is 9.95. The molecule has 0 saturated heterocycles. The first-order chi connectivity index (χ1) is 10.0. The number of anilines is 1. The first-order valence-corrected chi connectivity index (χ1v) is 6.54. The summed E-state index contributed by atoms with van der Waals surface area (Å²) in [5.74, 6) is -0.523. The molecule has 0 aliphatic carbocycles. The number of hydrogen-bond donors (Lipinski definition) is 3. The van der Waals surface area contributed by atoms with Crippen LogP contribution in [0.1, 0.15) is 27.9 Å². The lowest BCUT2D eigenvalue weighted by molar-refractivity contribution is -0.116. The summed E-state index contributed by atoms with van der Waals surface area (Å²) in [6, 6.07) is 8.85. The molecular weight excluding hydrogens is 270 g/mol. The van der Waals surface area contributed by atoms with E-state index < -0.39 is 0 Å². The molecule has 2 aromatic carbocycles. The Kier molecular flexibility index (Phi) is 3.10. The normalized spacial score (nSPS) is 13.4. The number of aryl methyl sites for hydroxylation is 1. The van der Waals surface area contributed by atoms with Crippen LogP contribution >= 0.6 is 0 Å². The van der Waals surface area contributed by atoms with Gasteiger partial charge in [-0.25, -0.2) is 0 Å². The van der Waals surface area contributed by atoms with Gasteiger partial charge in [0.15, 0.2) is 5.78 Å². The van der Waals surface area contributed by atoms with Gasteiger partial charge in [-0.2, -0.15) is 0 Å². The Bertz CT molecular complexity index is 735.